The van der Waals surface area contributed by atoms with Gasteiger partial charge in [-0.05, 0) is 61.0 Å². The van der Waals surface area contributed by atoms with E-state index in [1.807, 2.05) is 30.3 Å². The summed E-state index contributed by atoms with van der Waals surface area (Å²) >= 11 is 0. The molecule has 6 nitrogen and oxygen atoms in total. The van der Waals surface area contributed by atoms with Crippen molar-refractivity contribution >= 4 is 28.2 Å². The van der Waals surface area contributed by atoms with E-state index in [9.17, 15) is 18.0 Å². The lowest BCUT2D eigenvalue weighted by atomic mass is 10.0. The normalized spacial score (nSPS) is 16.6. The second-order valence-corrected chi connectivity index (χ2v) is 9.30. The predicted octanol–water partition coefficient (Wildman–Crippen LogP) is 5.12. The number of aryl methyl sites for hydroxylation is 1. The van der Waals surface area contributed by atoms with Gasteiger partial charge in [0.2, 0.25) is 11.8 Å². The Morgan fingerprint density at radius 2 is 1.81 bits per heavy atom. The Labute approximate surface area is 208 Å². The number of carbonyl (C=O) groups is 1. The van der Waals surface area contributed by atoms with Crippen LogP contribution in [0.4, 0.5) is 24.7 Å². The highest BCUT2D eigenvalue weighted by Gasteiger charge is 2.31. The Kier molecular flexibility index (Phi) is 7.00. The Bertz CT molecular complexity index is 1240. The number of benzene rings is 2. The van der Waals surface area contributed by atoms with Crippen molar-refractivity contribution in [3.8, 4) is 5.88 Å². The van der Waals surface area contributed by atoms with E-state index in [-0.39, 0.29) is 5.91 Å². The van der Waals surface area contributed by atoms with Crippen molar-refractivity contribution < 1.29 is 22.7 Å². The van der Waals surface area contributed by atoms with Crippen LogP contribution < -0.4 is 15.0 Å². The number of carbonyl (C=O) groups excluding carboxylic acids is 1. The molecule has 2 aliphatic heterocycles. The highest BCUT2D eigenvalue weighted by molar-refractivity contribution is 5.95. The first kappa shape index (κ1) is 24.4. The van der Waals surface area contributed by atoms with Crippen LogP contribution >= 0.6 is 0 Å². The molecule has 1 amide bonds. The van der Waals surface area contributed by atoms with E-state index in [2.05, 4.69) is 20.1 Å². The molecule has 190 valence electrons. The van der Waals surface area contributed by atoms with Gasteiger partial charge in [-0.3, -0.25) is 9.69 Å². The Morgan fingerprint density at radius 3 is 2.61 bits per heavy atom. The van der Waals surface area contributed by atoms with Crippen LogP contribution in [0.5, 0.6) is 5.88 Å². The third kappa shape index (κ3) is 5.56. The van der Waals surface area contributed by atoms with Gasteiger partial charge in [0.1, 0.15) is 5.82 Å². The second-order valence-electron chi connectivity index (χ2n) is 9.30. The molecule has 1 fully saturated rings. The summed E-state index contributed by atoms with van der Waals surface area (Å²) in [6.45, 7) is 4.77. The average molecular weight is 499 g/mol. The van der Waals surface area contributed by atoms with Gasteiger partial charge in [-0.1, -0.05) is 18.2 Å². The maximum atomic E-state index is 13.2. The quantitative estimate of drug-likeness (QED) is 0.459. The SMILES string of the molecule is O=C1CCc2ccc(OCCCCN3CCN(c4cccc5ccc(C(F)(F)F)cc45)CC3)nc2N1. The molecule has 3 aromatic rings. The molecule has 36 heavy (non-hydrogen) atoms. The number of anilines is 2. The lowest BCUT2D eigenvalue weighted by Crippen LogP contribution is -2.46. The first-order valence-corrected chi connectivity index (χ1v) is 12.4. The molecule has 2 aliphatic rings. The number of pyridine rings is 1. The molecule has 0 saturated carbocycles. The zero-order chi connectivity index (χ0) is 25.1. The minimum absolute atomic E-state index is 0.0150. The molecule has 1 aromatic heterocycles. The van der Waals surface area contributed by atoms with Gasteiger partial charge in [0, 0.05) is 49.7 Å². The molecule has 0 radical (unpaired) electrons. The summed E-state index contributed by atoms with van der Waals surface area (Å²) < 4.78 is 45.5. The topological polar surface area (TPSA) is 57.7 Å². The minimum Gasteiger partial charge on any atom is -0.478 e. The van der Waals surface area contributed by atoms with Gasteiger partial charge in [0.25, 0.3) is 0 Å². The van der Waals surface area contributed by atoms with E-state index in [1.165, 1.54) is 6.07 Å². The van der Waals surface area contributed by atoms with Crippen molar-refractivity contribution in [1.82, 2.24) is 9.88 Å². The smallest absolute Gasteiger partial charge is 0.416 e. The number of unbranched alkanes of at least 4 members (excludes halogenated alkanes) is 1. The summed E-state index contributed by atoms with van der Waals surface area (Å²) in [6.07, 6.45) is -1.30. The van der Waals surface area contributed by atoms with Gasteiger partial charge >= 0.3 is 6.18 Å². The maximum Gasteiger partial charge on any atom is 0.416 e. The molecule has 0 bridgehead atoms. The molecular weight excluding hydrogens is 469 g/mol. The zero-order valence-electron chi connectivity index (χ0n) is 20.0. The van der Waals surface area contributed by atoms with Crippen molar-refractivity contribution in [2.45, 2.75) is 31.9 Å². The van der Waals surface area contributed by atoms with E-state index >= 15 is 0 Å². The monoisotopic (exact) mass is 498 g/mol. The molecule has 0 spiro atoms. The van der Waals surface area contributed by atoms with E-state index in [0.717, 1.165) is 68.3 Å². The fraction of sp³-hybridized carbons (Fsp3) is 0.407. The summed E-state index contributed by atoms with van der Waals surface area (Å²) in [6, 6.07) is 13.4. The number of nitrogens with one attached hydrogen (secondary N) is 1. The van der Waals surface area contributed by atoms with Gasteiger partial charge in [0.15, 0.2) is 0 Å². The number of rotatable bonds is 7. The number of amides is 1. The number of fused-ring (bicyclic) bond motifs is 2. The lowest BCUT2D eigenvalue weighted by molar-refractivity contribution is -0.137. The molecular formula is C27H29F3N4O2. The number of piperazine rings is 1. The van der Waals surface area contributed by atoms with Gasteiger partial charge in [0.05, 0.1) is 12.2 Å². The minimum atomic E-state index is -4.35. The molecule has 0 unspecified atom stereocenters. The second kappa shape index (κ2) is 10.3. The number of nitrogens with zero attached hydrogens (tertiary/aromatic N) is 3. The van der Waals surface area contributed by atoms with Gasteiger partial charge in [-0.2, -0.15) is 18.2 Å². The summed E-state index contributed by atoms with van der Waals surface area (Å²) in [5, 5.41) is 4.25. The van der Waals surface area contributed by atoms with Crippen molar-refractivity contribution in [3.05, 3.63) is 59.7 Å². The van der Waals surface area contributed by atoms with Crippen LogP contribution in [0.1, 0.15) is 30.4 Å². The van der Waals surface area contributed by atoms with E-state index in [0.29, 0.717) is 36.5 Å². The summed E-state index contributed by atoms with van der Waals surface area (Å²) in [5.74, 6) is 1.11. The Balaban J connectivity index is 1.09. The van der Waals surface area contributed by atoms with E-state index < -0.39 is 11.7 Å². The van der Waals surface area contributed by atoms with Gasteiger partial charge in [-0.15, -0.1) is 0 Å². The highest BCUT2D eigenvalue weighted by atomic mass is 19.4. The van der Waals surface area contributed by atoms with Crippen LogP contribution in [0.2, 0.25) is 0 Å². The van der Waals surface area contributed by atoms with Crippen molar-refractivity contribution in [1.29, 1.82) is 0 Å². The molecule has 0 atom stereocenters. The van der Waals surface area contributed by atoms with Crippen LogP contribution in [0.3, 0.4) is 0 Å². The first-order chi connectivity index (χ1) is 17.4. The van der Waals surface area contributed by atoms with Crippen LogP contribution in [-0.2, 0) is 17.4 Å². The van der Waals surface area contributed by atoms with E-state index in [1.54, 1.807) is 6.07 Å². The number of hydrogen-bond donors (Lipinski definition) is 1. The molecule has 1 saturated heterocycles. The molecule has 2 aromatic carbocycles. The van der Waals surface area contributed by atoms with Crippen molar-refractivity contribution in [3.63, 3.8) is 0 Å². The molecule has 9 heteroatoms. The number of alkyl halides is 3. The fourth-order valence-electron chi connectivity index (χ4n) is 4.84. The Morgan fingerprint density at radius 1 is 0.972 bits per heavy atom. The maximum absolute atomic E-state index is 13.2. The molecule has 1 N–H and O–H groups in total. The third-order valence-electron chi connectivity index (χ3n) is 6.85. The van der Waals surface area contributed by atoms with Crippen LogP contribution in [0.15, 0.2) is 48.5 Å². The summed E-state index contributed by atoms with van der Waals surface area (Å²) in [4.78, 5) is 20.5. The van der Waals surface area contributed by atoms with Gasteiger partial charge < -0.3 is 15.0 Å². The predicted molar refractivity (Wildman–Crippen MR) is 134 cm³/mol. The number of hydrogen-bond acceptors (Lipinski definition) is 5. The van der Waals surface area contributed by atoms with Crippen LogP contribution in [0.25, 0.3) is 10.8 Å². The lowest BCUT2D eigenvalue weighted by Gasteiger charge is -2.36. The number of ether oxygens (including phenoxy) is 1. The van der Waals surface area contributed by atoms with Crippen molar-refractivity contribution in [2.75, 3.05) is 49.5 Å². The standard InChI is InChI=1S/C27H29F3N4O2/c28-27(29,30)21-9-6-19-4-3-5-23(22(19)18-21)34-15-13-33(14-16-34)12-1-2-17-36-25-11-8-20-7-10-24(35)31-26(20)32-25/h3-6,8-9,11,18H,1-2,7,10,12-17H2,(H,31,32,35). The van der Waals surface area contributed by atoms with Crippen LogP contribution in [-0.4, -0.2) is 55.1 Å². The summed E-state index contributed by atoms with van der Waals surface area (Å²) in [7, 11) is 0. The Hall–Kier alpha value is -3.33. The van der Waals surface area contributed by atoms with Crippen molar-refractivity contribution in [2.24, 2.45) is 0 Å². The fourth-order valence-corrected chi connectivity index (χ4v) is 4.84. The third-order valence-corrected chi connectivity index (χ3v) is 6.85. The molecule has 5 rings (SSSR count). The number of aromatic nitrogens is 1. The van der Waals surface area contributed by atoms with E-state index in [4.69, 9.17) is 4.74 Å². The van der Waals surface area contributed by atoms with Crippen LogP contribution in [0, 0.1) is 0 Å². The zero-order valence-corrected chi connectivity index (χ0v) is 20.0. The largest absolute Gasteiger partial charge is 0.478 e. The molecule has 0 aliphatic carbocycles. The number of halogens is 3. The molecule has 3 heterocycles. The average Bonchev–Trinajstić information content (AvgIpc) is 2.87. The van der Waals surface area contributed by atoms with Gasteiger partial charge in [-0.25, -0.2) is 0 Å². The highest BCUT2D eigenvalue weighted by Crippen LogP contribution is 2.35. The summed E-state index contributed by atoms with van der Waals surface area (Å²) in [5.41, 5.74) is 1.28. The first-order valence-electron chi connectivity index (χ1n) is 12.4.